The van der Waals surface area contributed by atoms with Crippen LogP contribution in [0.1, 0.15) is 32.1 Å². The Labute approximate surface area is 125 Å². The van der Waals surface area contributed by atoms with Crippen molar-refractivity contribution in [2.24, 2.45) is 11.1 Å². The molecule has 0 aromatic rings. The monoisotopic (exact) mass is 326 g/mol. The second-order valence-corrected chi connectivity index (χ2v) is 5.71. The molecule has 1 fully saturated rings. The molecular weight excluding hydrogens is 309 g/mol. The maximum atomic E-state index is 12.1. The Hall–Kier alpha value is -1.30. The summed E-state index contributed by atoms with van der Waals surface area (Å²) >= 11 is 1.12. The Morgan fingerprint density at radius 2 is 2.00 bits per heavy atom. The highest BCUT2D eigenvalue weighted by Crippen LogP contribution is 2.33. The van der Waals surface area contributed by atoms with E-state index in [9.17, 15) is 13.2 Å². The zero-order valence-corrected chi connectivity index (χ0v) is 12.4. The van der Waals surface area contributed by atoms with Gasteiger partial charge in [-0.2, -0.15) is 18.4 Å². The van der Waals surface area contributed by atoms with Crippen LogP contribution in [0.3, 0.4) is 0 Å². The molecule has 0 aromatic carbocycles. The van der Waals surface area contributed by atoms with Gasteiger partial charge < -0.3 is 4.84 Å². The van der Waals surface area contributed by atoms with Gasteiger partial charge in [-0.05, 0) is 31.6 Å². The van der Waals surface area contributed by atoms with E-state index in [1.807, 2.05) is 0 Å². The van der Waals surface area contributed by atoms with E-state index in [2.05, 4.69) is 11.2 Å². The number of nitrogens with zero attached hydrogens (tertiary/aromatic N) is 2. The van der Waals surface area contributed by atoms with Crippen LogP contribution in [0.25, 0.3) is 0 Å². The van der Waals surface area contributed by atoms with Crippen LogP contribution >= 0.6 is 11.8 Å². The molecule has 9 heteroatoms. The van der Waals surface area contributed by atoms with Crippen LogP contribution in [0, 0.1) is 27.2 Å². The average molecular weight is 326 g/mol. The van der Waals surface area contributed by atoms with E-state index in [-0.39, 0.29) is 16.9 Å². The van der Waals surface area contributed by atoms with Crippen molar-refractivity contribution >= 4 is 17.5 Å². The van der Waals surface area contributed by atoms with Gasteiger partial charge in [0, 0.05) is 15.7 Å². The normalized spacial score (nSPS) is 19.8. The molecule has 0 aliphatic heterocycles. The van der Waals surface area contributed by atoms with Crippen molar-refractivity contribution in [3.05, 3.63) is 9.93 Å². The third-order valence-corrected chi connectivity index (χ3v) is 4.36. The van der Waals surface area contributed by atoms with E-state index in [1.165, 1.54) is 7.11 Å². The summed E-state index contributed by atoms with van der Waals surface area (Å²) in [6.07, 6.45) is -1.87. The minimum Gasteiger partial charge on any atom is -0.399 e. The van der Waals surface area contributed by atoms with E-state index in [0.29, 0.717) is 0 Å². The summed E-state index contributed by atoms with van der Waals surface area (Å²) < 4.78 is 36.2. The lowest BCUT2D eigenvalue weighted by Crippen LogP contribution is -2.23. The highest BCUT2D eigenvalue weighted by Gasteiger charge is 2.30. The molecule has 5 nitrogen and oxygen atoms in total. The number of thioether (sulfide) groups is 1. The van der Waals surface area contributed by atoms with Crippen LogP contribution in [-0.4, -0.2) is 30.0 Å². The van der Waals surface area contributed by atoms with Crippen molar-refractivity contribution in [3.63, 3.8) is 0 Å². The summed E-state index contributed by atoms with van der Waals surface area (Å²) in [5.74, 6) is 0.107. The summed E-state index contributed by atoms with van der Waals surface area (Å²) in [6.45, 7) is 0. The fourth-order valence-electron chi connectivity index (χ4n) is 2.08. The summed E-state index contributed by atoms with van der Waals surface area (Å²) in [5.41, 5.74) is 0.968. The van der Waals surface area contributed by atoms with Gasteiger partial charge >= 0.3 is 6.18 Å². The quantitative estimate of drug-likeness (QED) is 0.717. The second kappa shape index (κ2) is 10.4. The van der Waals surface area contributed by atoms with Gasteiger partial charge in [0.1, 0.15) is 7.11 Å². The van der Waals surface area contributed by atoms with Crippen molar-refractivity contribution in [1.82, 2.24) is 0 Å². The number of alkyl halides is 3. The lowest BCUT2D eigenvalue weighted by Gasteiger charge is -2.26. The number of halogens is 3. The molecule has 0 bridgehead atoms. The highest BCUT2D eigenvalue weighted by molar-refractivity contribution is 8.00. The van der Waals surface area contributed by atoms with Crippen molar-refractivity contribution in [1.29, 1.82) is 5.26 Å². The Balaban J connectivity index is 0.00000191. The molecule has 1 unspecified atom stereocenters. The molecule has 1 rings (SSSR count). The Morgan fingerprint density at radius 1 is 1.43 bits per heavy atom. The third kappa shape index (κ3) is 8.55. The molecule has 1 aliphatic rings. The fraction of sp³-hybridized carbons (Fsp3) is 0.833. The maximum Gasteiger partial charge on any atom is 0.389 e. The van der Waals surface area contributed by atoms with Gasteiger partial charge in [-0.15, -0.1) is 11.8 Å². The predicted molar refractivity (Wildman–Crippen MR) is 75.7 cm³/mol. The molecule has 0 saturated heterocycles. The first-order valence-corrected chi connectivity index (χ1v) is 7.34. The molecular formula is C12H17F3N2O3S. The summed E-state index contributed by atoms with van der Waals surface area (Å²) in [5, 5.41) is 12.6. The number of oxime groups is 1. The molecule has 21 heavy (non-hydrogen) atoms. The van der Waals surface area contributed by atoms with Gasteiger partial charge in [-0.3, -0.25) is 0 Å². The van der Waals surface area contributed by atoms with E-state index < -0.39 is 12.6 Å². The van der Waals surface area contributed by atoms with Crippen LogP contribution in [-0.2, 0) is 4.84 Å². The third-order valence-electron chi connectivity index (χ3n) is 3.07. The van der Waals surface area contributed by atoms with Gasteiger partial charge in [0.15, 0.2) is 0 Å². The molecule has 1 atom stereocenters. The van der Waals surface area contributed by atoms with Gasteiger partial charge in [0.2, 0.25) is 0 Å². The van der Waals surface area contributed by atoms with Crippen molar-refractivity contribution < 1.29 is 18.0 Å². The van der Waals surface area contributed by atoms with Crippen LogP contribution in [0.4, 0.5) is 13.2 Å². The summed E-state index contributed by atoms with van der Waals surface area (Å²) in [7, 11) is 1.49. The lowest BCUT2D eigenvalue weighted by molar-refractivity contribution is -0.129. The smallest absolute Gasteiger partial charge is 0.389 e. The van der Waals surface area contributed by atoms with E-state index >= 15 is 0 Å². The van der Waals surface area contributed by atoms with Crippen LogP contribution in [0.5, 0.6) is 0 Å². The van der Waals surface area contributed by atoms with E-state index in [1.54, 1.807) is 0 Å². The minimum atomic E-state index is -4.14. The van der Waals surface area contributed by atoms with E-state index in [4.69, 9.17) is 20.0 Å². The predicted octanol–water partition coefficient (Wildman–Crippen LogP) is 3.82. The van der Waals surface area contributed by atoms with E-state index in [0.717, 1.165) is 43.2 Å². The first-order valence-electron chi connectivity index (χ1n) is 6.30. The SMILES string of the molecule is CON=C1CCC(C(C#N)SCCC(F)(F)F)CC1.O=O. The summed E-state index contributed by atoms with van der Waals surface area (Å²) in [6, 6.07) is 2.13. The number of hydrogen-bond donors (Lipinski definition) is 0. The van der Waals surface area contributed by atoms with Gasteiger partial charge in [-0.1, -0.05) is 5.16 Å². The number of rotatable bonds is 5. The zero-order chi connectivity index (χ0) is 16.3. The average Bonchev–Trinajstić information content (AvgIpc) is 2.46. The summed E-state index contributed by atoms with van der Waals surface area (Å²) in [4.78, 5) is 18.7. The molecule has 0 spiro atoms. The largest absolute Gasteiger partial charge is 0.399 e. The van der Waals surface area contributed by atoms with Crippen molar-refractivity contribution in [3.8, 4) is 6.07 Å². The van der Waals surface area contributed by atoms with Crippen LogP contribution in [0.2, 0.25) is 0 Å². The second-order valence-electron chi connectivity index (χ2n) is 4.46. The highest BCUT2D eigenvalue weighted by atomic mass is 32.2. The molecule has 120 valence electrons. The van der Waals surface area contributed by atoms with Gasteiger partial charge in [0.25, 0.3) is 0 Å². The van der Waals surface area contributed by atoms with Gasteiger partial charge in [-0.25, -0.2) is 0 Å². The standard InChI is InChI=1S/C12H17F3N2OS.O2/c1-18-17-10-4-2-9(3-5-10)11(8-16)19-7-6-12(13,14)15;1-2/h9,11H,2-7H2,1H3;. The first-order chi connectivity index (χ1) is 9.96. The van der Waals surface area contributed by atoms with Crippen molar-refractivity contribution in [2.75, 3.05) is 12.9 Å². The molecule has 0 radical (unpaired) electrons. The first kappa shape index (κ1) is 19.7. The molecule has 1 aliphatic carbocycles. The Kier molecular flexibility index (Phi) is 9.78. The molecule has 0 N–H and O–H groups in total. The number of nitriles is 1. The fourth-order valence-corrected chi connectivity index (χ4v) is 3.30. The number of hydrogen-bond acceptors (Lipinski definition) is 6. The van der Waals surface area contributed by atoms with Crippen molar-refractivity contribution in [2.45, 2.75) is 43.5 Å². The molecule has 0 aromatic heterocycles. The lowest BCUT2D eigenvalue weighted by atomic mass is 9.86. The molecule has 0 amide bonds. The molecule has 0 heterocycles. The maximum absolute atomic E-state index is 12.1. The van der Waals surface area contributed by atoms with Crippen LogP contribution in [0.15, 0.2) is 5.16 Å². The Morgan fingerprint density at radius 3 is 2.43 bits per heavy atom. The van der Waals surface area contributed by atoms with Gasteiger partial charge in [0.05, 0.1) is 23.5 Å². The molecule has 1 saturated carbocycles. The zero-order valence-electron chi connectivity index (χ0n) is 11.6. The Bertz CT molecular complexity index is 362. The van der Waals surface area contributed by atoms with Crippen LogP contribution < -0.4 is 0 Å². The topological polar surface area (TPSA) is 79.5 Å². The minimum absolute atomic E-state index is 0.0444.